The van der Waals surface area contributed by atoms with Gasteiger partial charge in [0.1, 0.15) is 4.90 Å². The van der Waals surface area contributed by atoms with Crippen LogP contribution in [0.4, 0.5) is 5.69 Å². The molecule has 1 aliphatic heterocycles. The maximum Gasteiger partial charge on any atom is 0.242 e. The van der Waals surface area contributed by atoms with Gasteiger partial charge in [-0.25, -0.2) is 13.1 Å². The van der Waals surface area contributed by atoms with Crippen molar-refractivity contribution in [2.24, 2.45) is 0 Å². The molecule has 0 atom stereocenters. The smallest absolute Gasteiger partial charge is 0.242 e. The van der Waals surface area contributed by atoms with E-state index in [1.54, 1.807) is 25.2 Å². The number of likely N-dealkylation sites (tertiary alicyclic amines) is 1. The topological polar surface area (TPSA) is 61.4 Å². The summed E-state index contributed by atoms with van der Waals surface area (Å²) in [6.45, 7) is 3.39. The van der Waals surface area contributed by atoms with Crippen LogP contribution in [0.25, 0.3) is 0 Å². The molecule has 19 heavy (non-hydrogen) atoms. The van der Waals surface area contributed by atoms with Gasteiger partial charge in [0.2, 0.25) is 10.0 Å². The Bertz CT molecular complexity index is 510. The molecule has 1 aromatic carbocycles. The van der Waals surface area contributed by atoms with Crippen molar-refractivity contribution in [2.45, 2.75) is 17.7 Å². The standard InChI is InChI=1S/C13H21N3O2S/c1-14-12-6-2-3-7-13(12)19(17,18)15-8-11-16-9-4-5-10-16/h2-3,6-7,14-15H,4-5,8-11H2,1H3. The molecule has 6 heteroatoms. The SMILES string of the molecule is CNc1ccccc1S(=O)(=O)NCCN1CCCC1. The number of nitrogens with zero attached hydrogens (tertiary/aromatic N) is 1. The first-order valence-corrected chi connectivity index (χ1v) is 8.10. The van der Waals surface area contributed by atoms with E-state index in [2.05, 4.69) is 14.9 Å². The van der Waals surface area contributed by atoms with Crippen LogP contribution in [0.15, 0.2) is 29.2 Å². The van der Waals surface area contributed by atoms with Gasteiger partial charge in [-0.1, -0.05) is 12.1 Å². The summed E-state index contributed by atoms with van der Waals surface area (Å²) in [5.41, 5.74) is 0.621. The summed E-state index contributed by atoms with van der Waals surface area (Å²) in [5, 5.41) is 2.90. The number of hydrogen-bond acceptors (Lipinski definition) is 4. The maximum absolute atomic E-state index is 12.2. The lowest BCUT2D eigenvalue weighted by Crippen LogP contribution is -2.33. The summed E-state index contributed by atoms with van der Waals surface area (Å²) in [7, 11) is -1.71. The third-order valence-corrected chi connectivity index (χ3v) is 4.88. The molecule has 0 aromatic heterocycles. The van der Waals surface area contributed by atoms with Crippen LogP contribution in [0, 0.1) is 0 Å². The zero-order valence-corrected chi connectivity index (χ0v) is 12.0. The first kappa shape index (κ1) is 14.3. The predicted octanol–water partition coefficient (Wildman–Crippen LogP) is 1.10. The molecule has 0 bridgehead atoms. The Balaban J connectivity index is 1.97. The molecule has 1 aliphatic rings. The Labute approximate surface area is 115 Å². The van der Waals surface area contributed by atoms with E-state index in [1.165, 1.54) is 12.8 Å². The monoisotopic (exact) mass is 283 g/mol. The number of para-hydroxylation sites is 1. The Morgan fingerprint density at radius 1 is 1.21 bits per heavy atom. The fourth-order valence-corrected chi connectivity index (χ4v) is 3.56. The molecule has 1 aromatic rings. The van der Waals surface area contributed by atoms with Crippen LogP contribution in [-0.4, -0.2) is 46.5 Å². The van der Waals surface area contributed by atoms with Gasteiger partial charge >= 0.3 is 0 Å². The highest BCUT2D eigenvalue weighted by atomic mass is 32.2. The van der Waals surface area contributed by atoms with Crippen molar-refractivity contribution in [1.82, 2.24) is 9.62 Å². The normalized spacial score (nSPS) is 16.7. The average molecular weight is 283 g/mol. The fourth-order valence-electron chi connectivity index (χ4n) is 2.33. The number of hydrogen-bond donors (Lipinski definition) is 2. The molecule has 1 saturated heterocycles. The lowest BCUT2D eigenvalue weighted by molar-refractivity contribution is 0.344. The van der Waals surface area contributed by atoms with Crippen molar-refractivity contribution in [1.29, 1.82) is 0 Å². The minimum absolute atomic E-state index is 0.305. The molecule has 5 nitrogen and oxygen atoms in total. The van der Waals surface area contributed by atoms with Crippen molar-refractivity contribution < 1.29 is 8.42 Å². The quantitative estimate of drug-likeness (QED) is 0.821. The predicted molar refractivity (Wildman–Crippen MR) is 76.9 cm³/mol. The van der Waals surface area contributed by atoms with Crippen molar-refractivity contribution >= 4 is 15.7 Å². The first-order valence-electron chi connectivity index (χ1n) is 6.62. The van der Waals surface area contributed by atoms with Gasteiger partial charge in [0, 0.05) is 20.1 Å². The van der Waals surface area contributed by atoms with Gasteiger partial charge in [-0.15, -0.1) is 0 Å². The summed E-state index contributed by atoms with van der Waals surface area (Å²) in [4.78, 5) is 2.59. The summed E-state index contributed by atoms with van der Waals surface area (Å²) < 4.78 is 27.1. The molecule has 0 aliphatic carbocycles. The molecule has 2 rings (SSSR count). The number of nitrogens with one attached hydrogen (secondary N) is 2. The van der Waals surface area contributed by atoms with Gasteiger partial charge in [0.15, 0.2) is 0 Å². The van der Waals surface area contributed by atoms with Gasteiger partial charge in [-0.05, 0) is 38.1 Å². The number of anilines is 1. The first-order chi connectivity index (χ1) is 9.13. The van der Waals surface area contributed by atoms with Crippen LogP contribution in [0.3, 0.4) is 0 Å². The van der Waals surface area contributed by atoms with Gasteiger partial charge in [-0.3, -0.25) is 0 Å². The van der Waals surface area contributed by atoms with E-state index in [9.17, 15) is 8.42 Å². The van der Waals surface area contributed by atoms with Crippen molar-refractivity contribution in [2.75, 3.05) is 38.5 Å². The summed E-state index contributed by atoms with van der Waals surface area (Å²) in [6.07, 6.45) is 2.44. The molecule has 0 amide bonds. The molecule has 0 spiro atoms. The second-order valence-corrected chi connectivity index (χ2v) is 6.43. The van der Waals surface area contributed by atoms with E-state index < -0.39 is 10.0 Å². The maximum atomic E-state index is 12.2. The highest BCUT2D eigenvalue weighted by molar-refractivity contribution is 7.89. The molecule has 1 fully saturated rings. The fraction of sp³-hybridized carbons (Fsp3) is 0.538. The molecule has 2 N–H and O–H groups in total. The lowest BCUT2D eigenvalue weighted by atomic mass is 10.3. The Hall–Kier alpha value is -1.11. The zero-order valence-electron chi connectivity index (χ0n) is 11.2. The van der Waals surface area contributed by atoms with Crippen LogP contribution < -0.4 is 10.0 Å². The molecule has 106 valence electrons. The highest BCUT2D eigenvalue weighted by Gasteiger charge is 2.18. The summed E-state index contributed by atoms with van der Waals surface area (Å²) in [5.74, 6) is 0. The van der Waals surface area contributed by atoms with E-state index in [0.29, 0.717) is 17.1 Å². The molecular weight excluding hydrogens is 262 g/mol. The Kier molecular flexibility index (Phi) is 4.79. The second-order valence-electron chi connectivity index (χ2n) is 4.69. The van der Waals surface area contributed by atoms with E-state index in [4.69, 9.17) is 0 Å². The number of sulfonamides is 1. The van der Waals surface area contributed by atoms with Crippen LogP contribution in [0.2, 0.25) is 0 Å². The van der Waals surface area contributed by atoms with Crippen molar-refractivity contribution in [3.8, 4) is 0 Å². The van der Waals surface area contributed by atoms with Gasteiger partial charge in [0.05, 0.1) is 5.69 Å². The molecule has 1 heterocycles. The minimum Gasteiger partial charge on any atom is -0.387 e. The van der Waals surface area contributed by atoms with Gasteiger partial charge in [0.25, 0.3) is 0 Å². The second kappa shape index (κ2) is 6.36. The van der Waals surface area contributed by atoms with Crippen LogP contribution in [0.1, 0.15) is 12.8 Å². The van der Waals surface area contributed by atoms with Crippen LogP contribution in [0.5, 0.6) is 0 Å². The van der Waals surface area contributed by atoms with Gasteiger partial charge in [-0.2, -0.15) is 0 Å². The Morgan fingerprint density at radius 3 is 2.58 bits per heavy atom. The lowest BCUT2D eigenvalue weighted by Gasteiger charge is -2.15. The van der Waals surface area contributed by atoms with E-state index in [1.807, 2.05) is 6.07 Å². The van der Waals surface area contributed by atoms with Crippen molar-refractivity contribution in [3.05, 3.63) is 24.3 Å². The largest absolute Gasteiger partial charge is 0.387 e. The summed E-state index contributed by atoms with van der Waals surface area (Å²) in [6, 6.07) is 6.92. The van der Waals surface area contributed by atoms with Gasteiger partial charge < -0.3 is 10.2 Å². The van der Waals surface area contributed by atoms with E-state index in [-0.39, 0.29) is 0 Å². The summed E-state index contributed by atoms with van der Waals surface area (Å²) >= 11 is 0. The van der Waals surface area contributed by atoms with Crippen LogP contribution >= 0.6 is 0 Å². The molecule has 0 saturated carbocycles. The third kappa shape index (κ3) is 3.68. The van der Waals surface area contributed by atoms with Crippen molar-refractivity contribution in [3.63, 3.8) is 0 Å². The van der Waals surface area contributed by atoms with E-state index in [0.717, 1.165) is 19.6 Å². The van der Waals surface area contributed by atoms with Crippen LogP contribution in [-0.2, 0) is 10.0 Å². The molecule has 0 unspecified atom stereocenters. The zero-order chi connectivity index (χ0) is 13.7. The molecular formula is C13H21N3O2S. The molecule has 0 radical (unpaired) electrons. The number of rotatable bonds is 6. The van der Waals surface area contributed by atoms with E-state index >= 15 is 0 Å². The third-order valence-electron chi connectivity index (χ3n) is 3.36. The minimum atomic E-state index is -3.43. The highest BCUT2D eigenvalue weighted by Crippen LogP contribution is 2.19. The average Bonchev–Trinajstić information content (AvgIpc) is 2.91. The number of benzene rings is 1. The Morgan fingerprint density at radius 2 is 1.89 bits per heavy atom.